The Morgan fingerprint density at radius 2 is 1.73 bits per heavy atom. The van der Waals surface area contributed by atoms with Crippen molar-refractivity contribution >= 4 is 18.0 Å². The number of carboxylic acid groups (broad SMARTS) is 1. The average molecular weight is 453 g/mol. The first-order valence-corrected chi connectivity index (χ1v) is 11.1. The van der Waals surface area contributed by atoms with E-state index in [2.05, 4.69) is 5.32 Å². The third-order valence-corrected chi connectivity index (χ3v) is 6.30. The van der Waals surface area contributed by atoms with Crippen molar-refractivity contribution in [2.75, 3.05) is 19.7 Å². The molecule has 0 saturated carbocycles. The first-order chi connectivity index (χ1) is 15.7. The summed E-state index contributed by atoms with van der Waals surface area (Å²) in [5, 5.41) is 22.0. The number of alkyl carbamates (subject to hydrolysis) is 1. The van der Waals surface area contributed by atoms with Crippen LogP contribution in [0.3, 0.4) is 0 Å². The molecule has 2 atom stereocenters. The summed E-state index contributed by atoms with van der Waals surface area (Å²) in [6.07, 6.45) is -0.258. The van der Waals surface area contributed by atoms with E-state index in [1.807, 2.05) is 48.5 Å². The molecular weight excluding hydrogens is 424 g/mol. The maximum atomic E-state index is 12.9. The van der Waals surface area contributed by atoms with E-state index in [-0.39, 0.29) is 19.1 Å². The summed E-state index contributed by atoms with van der Waals surface area (Å²) in [5.74, 6) is -1.89. The van der Waals surface area contributed by atoms with Gasteiger partial charge in [0.1, 0.15) is 12.6 Å². The van der Waals surface area contributed by atoms with E-state index < -0.39 is 36.0 Å². The molecule has 0 spiro atoms. The number of aliphatic hydroxyl groups is 1. The molecule has 1 aliphatic heterocycles. The topological polar surface area (TPSA) is 116 Å². The highest BCUT2D eigenvalue weighted by Crippen LogP contribution is 2.44. The van der Waals surface area contributed by atoms with E-state index in [1.165, 1.54) is 4.90 Å². The van der Waals surface area contributed by atoms with E-state index in [4.69, 9.17) is 4.74 Å². The van der Waals surface area contributed by atoms with Crippen LogP contribution in [0.15, 0.2) is 48.5 Å². The maximum absolute atomic E-state index is 12.9. The number of fused-ring (bicyclic) bond motifs is 3. The summed E-state index contributed by atoms with van der Waals surface area (Å²) in [7, 11) is 0. The first kappa shape index (κ1) is 22.8. The zero-order chi connectivity index (χ0) is 23.6. The van der Waals surface area contributed by atoms with Crippen LogP contribution in [0.25, 0.3) is 11.1 Å². The number of carbonyl (C=O) groups is 3. The lowest BCUT2D eigenvalue weighted by Crippen LogP contribution is -2.55. The van der Waals surface area contributed by atoms with Crippen molar-refractivity contribution in [2.24, 2.45) is 0 Å². The van der Waals surface area contributed by atoms with Crippen LogP contribution >= 0.6 is 0 Å². The first-order valence-electron chi connectivity index (χ1n) is 11.1. The molecule has 1 fully saturated rings. The molecular formula is C25H28N2O6. The number of likely N-dealkylation sites (tertiary alicyclic amines) is 1. The van der Waals surface area contributed by atoms with Gasteiger partial charge in [0, 0.05) is 19.0 Å². The third-order valence-electron chi connectivity index (χ3n) is 6.30. The zero-order valence-corrected chi connectivity index (χ0v) is 18.5. The summed E-state index contributed by atoms with van der Waals surface area (Å²) in [5.41, 5.74) is 3.27. The van der Waals surface area contributed by atoms with Crippen molar-refractivity contribution < 1.29 is 29.3 Å². The van der Waals surface area contributed by atoms with E-state index >= 15 is 0 Å². The molecule has 8 nitrogen and oxygen atoms in total. The molecule has 2 aliphatic rings. The minimum Gasteiger partial charge on any atom is -0.481 e. The maximum Gasteiger partial charge on any atom is 0.407 e. The van der Waals surface area contributed by atoms with E-state index in [0.717, 1.165) is 22.3 Å². The van der Waals surface area contributed by atoms with Crippen molar-refractivity contribution in [1.82, 2.24) is 10.2 Å². The van der Waals surface area contributed by atoms with Gasteiger partial charge in [-0.15, -0.1) is 0 Å². The van der Waals surface area contributed by atoms with Gasteiger partial charge in [-0.25, -0.2) is 4.79 Å². The molecule has 0 radical (unpaired) electrons. The standard InChI is InChI=1S/C25H28N2O6/c1-25(32)11-6-12-27(15-25)23(30)21(13-22(28)29)26-24(31)33-14-20-18-9-4-2-7-16(18)17-8-3-5-10-19(17)20/h2-5,7-10,20-21,32H,6,11-15H2,1H3,(H,26,31)(H,28,29). The number of carbonyl (C=O) groups excluding carboxylic acids is 2. The number of nitrogens with zero attached hydrogens (tertiary/aromatic N) is 1. The molecule has 3 N–H and O–H groups in total. The second-order valence-electron chi connectivity index (χ2n) is 8.98. The van der Waals surface area contributed by atoms with Crippen molar-refractivity contribution in [3.05, 3.63) is 59.7 Å². The molecule has 0 bridgehead atoms. The van der Waals surface area contributed by atoms with Crippen molar-refractivity contribution in [1.29, 1.82) is 0 Å². The number of aliphatic carboxylic acids is 1. The van der Waals surface area contributed by atoms with Gasteiger partial charge in [-0.05, 0) is 42.0 Å². The highest BCUT2D eigenvalue weighted by molar-refractivity contribution is 5.89. The number of rotatable bonds is 6. The molecule has 1 aliphatic carbocycles. The Bertz CT molecular complexity index is 1020. The summed E-state index contributed by atoms with van der Waals surface area (Å²) in [6, 6.07) is 14.6. The fraction of sp³-hybridized carbons (Fsp3) is 0.400. The predicted octanol–water partition coefficient (Wildman–Crippen LogP) is 2.74. The molecule has 2 amide bonds. The van der Waals surface area contributed by atoms with E-state index in [0.29, 0.717) is 19.4 Å². The minimum atomic E-state index is -1.27. The van der Waals surface area contributed by atoms with Gasteiger partial charge in [-0.1, -0.05) is 48.5 Å². The summed E-state index contributed by atoms with van der Waals surface area (Å²) < 4.78 is 5.47. The van der Waals surface area contributed by atoms with Gasteiger partial charge in [0.25, 0.3) is 0 Å². The van der Waals surface area contributed by atoms with Gasteiger partial charge < -0.3 is 25.2 Å². The monoisotopic (exact) mass is 452 g/mol. The number of hydrogen-bond donors (Lipinski definition) is 3. The SMILES string of the molecule is CC1(O)CCCN(C(=O)C(CC(=O)O)NC(=O)OCC2c3ccccc3-c3ccccc32)C1. The number of ether oxygens (including phenoxy) is 1. The predicted molar refractivity (Wildman–Crippen MR) is 121 cm³/mol. The molecule has 174 valence electrons. The minimum absolute atomic E-state index is 0.0618. The third kappa shape index (κ3) is 5.01. The van der Waals surface area contributed by atoms with Crippen LogP contribution in [0.2, 0.25) is 0 Å². The molecule has 1 saturated heterocycles. The molecule has 33 heavy (non-hydrogen) atoms. The molecule has 2 aromatic rings. The summed E-state index contributed by atoms with van der Waals surface area (Å²) in [6.45, 7) is 2.19. The van der Waals surface area contributed by atoms with Crippen molar-refractivity contribution in [3.8, 4) is 11.1 Å². The van der Waals surface area contributed by atoms with Crippen molar-refractivity contribution in [2.45, 2.75) is 43.7 Å². The number of amides is 2. The molecule has 2 aromatic carbocycles. The number of carboxylic acids is 1. The van der Waals surface area contributed by atoms with Gasteiger partial charge in [-0.3, -0.25) is 9.59 Å². The van der Waals surface area contributed by atoms with Crippen LogP contribution in [0.1, 0.15) is 43.2 Å². The fourth-order valence-corrected chi connectivity index (χ4v) is 4.79. The highest BCUT2D eigenvalue weighted by atomic mass is 16.5. The Balaban J connectivity index is 1.43. The van der Waals surface area contributed by atoms with Crippen LogP contribution in [-0.4, -0.2) is 64.4 Å². The van der Waals surface area contributed by atoms with E-state index in [1.54, 1.807) is 6.92 Å². The molecule has 0 aromatic heterocycles. The van der Waals surface area contributed by atoms with Crippen molar-refractivity contribution in [3.63, 3.8) is 0 Å². The number of β-amino-alcohol motifs (C(OH)–C–C–N with tert-alkyl or cyclic N) is 1. The molecule has 1 heterocycles. The van der Waals surface area contributed by atoms with Crippen LogP contribution in [0.4, 0.5) is 4.79 Å². The Morgan fingerprint density at radius 1 is 1.12 bits per heavy atom. The normalized spacial score (nSPS) is 20.5. The van der Waals surface area contributed by atoms with Crippen LogP contribution < -0.4 is 5.32 Å². The Kier molecular flexibility index (Phi) is 6.37. The van der Waals surface area contributed by atoms with Crippen LogP contribution in [0, 0.1) is 0 Å². The van der Waals surface area contributed by atoms with Gasteiger partial charge >= 0.3 is 12.1 Å². The number of nitrogens with one attached hydrogen (secondary N) is 1. The number of hydrogen-bond acceptors (Lipinski definition) is 5. The Morgan fingerprint density at radius 3 is 2.30 bits per heavy atom. The van der Waals surface area contributed by atoms with Gasteiger partial charge in [-0.2, -0.15) is 0 Å². The summed E-state index contributed by atoms with van der Waals surface area (Å²) in [4.78, 5) is 38.2. The largest absolute Gasteiger partial charge is 0.481 e. The van der Waals surface area contributed by atoms with Gasteiger partial charge in [0.15, 0.2) is 0 Å². The molecule has 4 rings (SSSR count). The van der Waals surface area contributed by atoms with Gasteiger partial charge in [0.2, 0.25) is 5.91 Å². The van der Waals surface area contributed by atoms with E-state index in [9.17, 15) is 24.6 Å². The second-order valence-corrected chi connectivity index (χ2v) is 8.98. The average Bonchev–Trinajstić information content (AvgIpc) is 3.09. The quantitative estimate of drug-likeness (QED) is 0.621. The lowest BCUT2D eigenvalue weighted by Gasteiger charge is -2.38. The summed E-state index contributed by atoms with van der Waals surface area (Å²) >= 11 is 0. The molecule has 2 unspecified atom stereocenters. The fourth-order valence-electron chi connectivity index (χ4n) is 4.79. The van der Waals surface area contributed by atoms with Crippen LogP contribution in [-0.2, 0) is 14.3 Å². The Hall–Kier alpha value is -3.39. The van der Waals surface area contributed by atoms with Crippen LogP contribution in [0.5, 0.6) is 0 Å². The second kappa shape index (κ2) is 9.23. The lowest BCUT2D eigenvalue weighted by molar-refractivity contribution is -0.145. The number of benzene rings is 2. The highest BCUT2D eigenvalue weighted by Gasteiger charge is 2.36. The smallest absolute Gasteiger partial charge is 0.407 e. The number of piperidine rings is 1. The zero-order valence-electron chi connectivity index (χ0n) is 18.5. The van der Waals surface area contributed by atoms with Gasteiger partial charge in [0.05, 0.1) is 12.0 Å². The Labute approximate surface area is 192 Å². The lowest BCUT2D eigenvalue weighted by atomic mass is 9.94. The molecule has 8 heteroatoms.